The van der Waals surface area contributed by atoms with Gasteiger partial charge in [0.25, 0.3) is 0 Å². The zero-order valence-electron chi connectivity index (χ0n) is 8.42. The van der Waals surface area contributed by atoms with Crippen molar-refractivity contribution in [2.75, 3.05) is 11.9 Å². The zero-order chi connectivity index (χ0) is 10.6. The third-order valence-electron chi connectivity index (χ3n) is 1.83. The number of halogens is 1. The van der Waals surface area contributed by atoms with E-state index in [2.05, 4.69) is 26.2 Å². The molecule has 78 valence electrons. The minimum atomic E-state index is -0.272. The average Bonchev–Trinajstić information content (AvgIpc) is 2.08. The highest BCUT2D eigenvalue weighted by atomic mass is 79.9. The Balaban J connectivity index is 2.51. The van der Waals surface area contributed by atoms with Gasteiger partial charge >= 0.3 is 0 Å². The molecule has 0 aliphatic heterocycles. The highest BCUT2D eigenvalue weighted by Gasteiger charge is 2.01. The van der Waals surface area contributed by atoms with Gasteiger partial charge in [0.2, 0.25) is 0 Å². The number of hydrogen-bond donors (Lipinski definition) is 2. The maximum atomic E-state index is 9.07. The molecule has 1 aromatic rings. The molecule has 0 radical (unpaired) electrons. The Hall–Kier alpha value is -0.610. The van der Waals surface area contributed by atoms with Crippen molar-refractivity contribution >= 4 is 21.7 Å². The van der Waals surface area contributed by atoms with Crippen LogP contribution in [0.5, 0.6) is 0 Å². The van der Waals surface area contributed by atoms with E-state index in [4.69, 9.17) is 5.11 Å². The summed E-state index contributed by atoms with van der Waals surface area (Å²) in [4.78, 5) is 4.24. The molecule has 0 aromatic carbocycles. The topological polar surface area (TPSA) is 45.2 Å². The first-order valence-corrected chi connectivity index (χ1v) is 5.43. The minimum absolute atomic E-state index is 0.272. The summed E-state index contributed by atoms with van der Waals surface area (Å²) in [6.07, 6.45) is 2.27. The van der Waals surface area contributed by atoms with Crippen molar-refractivity contribution in [1.82, 2.24) is 4.98 Å². The van der Waals surface area contributed by atoms with Gasteiger partial charge in [-0.1, -0.05) is 0 Å². The number of aryl methyl sites for hydroxylation is 1. The molecule has 1 atom stereocenters. The molecule has 0 saturated heterocycles. The van der Waals surface area contributed by atoms with Gasteiger partial charge in [-0.15, -0.1) is 0 Å². The number of aromatic nitrogens is 1. The Labute approximate surface area is 92.7 Å². The molecule has 0 fully saturated rings. The molecule has 4 heteroatoms. The van der Waals surface area contributed by atoms with Crippen LogP contribution >= 0.6 is 15.9 Å². The van der Waals surface area contributed by atoms with Crippen LogP contribution in [0.15, 0.2) is 16.7 Å². The van der Waals surface area contributed by atoms with E-state index in [0.29, 0.717) is 0 Å². The lowest BCUT2D eigenvalue weighted by molar-refractivity contribution is 0.188. The van der Waals surface area contributed by atoms with Crippen LogP contribution in [0.3, 0.4) is 0 Å². The Morgan fingerprint density at radius 3 is 2.93 bits per heavy atom. The Morgan fingerprint density at radius 1 is 1.64 bits per heavy atom. The molecule has 1 heterocycles. The Bertz CT molecular complexity index is 302. The van der Waals surface area contributed by atoms with E-state index in [9.17, 15) is 0 Å². The van der Waals surface area contributed by atoms with Crippen LogP contribution in [-0.4, -0.2) is 22.7 Å². The predicted octanol–water partition coefficient (Wildman–Crippen LogP) is 2.34. The number of nitrogens with one attached hydrogen (secondary N) is 1. The average molecular weight is 259 g/mol. The van der Waals surface area contributed by atoms with Crippen molar-refractivity contribution in [3.63, 3.8) is 0 Å². The van der Waals surface area contributed by atoms with Gasteiger partial charge in [0.15, 0.2) is 0 Å². The quantitative estimate of drug-likeness (QED) is 0.872. The van der Waals surface area contributed by atoms with E-state index in [1.165, 1.54) is 0 Å². The second-order valence-corrected chi connectivity index (χ2v) is 4.26. The van der Waals surface area contributed by atoms with E-state index in [0.717, 1.165) is 28.8 Å². The van der Waals surface area contributed by atoms with Crippen LogP contribution in [0.2, 0.25) is 0 Å². The molecule has 0 amide bonds. The van der Waals surface area contributed by atoms with E-state index in [-0.39, 0.29) is 6.10 Å². The number of aliphatic hydroxyl groups excluding tert-OH is 1. The fraction of sp³-hybridized carbons (Fsp3) is 0.500. The maximum Gasteiger partial charge on any atom is 0.140 e. The van der Waals surface area contributed by atoms with Gasteiger partial charge in [-0.2, -0.15) is 0 Å². The minimum Gasteiger partial charge on any atom is -0.393 e. The second kappa shape index (κ2) is 5.32. The van der Waals surface area contributed by atoms with Gasteiger partial charge in [0, 0.05) is 12.7 Å². The SMILES string of the molecule is Cc1cnc(NCCC(C)O)c(Br)c1. The normalized spacial score (nSPS) is 12.6. The van der Waals surface area contributed by atoms with E-state index in [1.807, 2.05) is 19.2 Å². The Morgan fingerprint density at radius 2 is 2.36 bits per heavy atom. The number of aliphatic hydroxyl groups is 1. The maximum absolute atomic E-state index is 9.07. The Kier molecular flexibility index (Phi) is 4.35. The third kappa shape index (κ3) is 3.64. The fourth-order valence-corrected chi connectivity index (χ4v) is 1.67. The monoisotopic (exact) mass is 258 g/mol. The summed E-state index contributed by atoms with van der Waals surface area (Å²) in [5, 5.41) is 12.2. The number of anilines is 1. The molecule has 0 spiro atoms. The van der Waals surface area contributed by atoms with Crippen molar-refractivity contribution in [1.29, 1.82) is 0 Å². The van der Waals surface area contributed by atoms with Gasteiger partial charge in [0.05, 0.1) is 10.6 Å². The van der Waals surface area contributed by atoms with Crippen molar-refractivity contribution in [3.05, 3.63) is 22.3 Å². The van der Waals surface area contributed by atoms with Crippen molar-refractivity contribution in [2.45, 2.75) is 26.4 Å². The summed E-state index contributed by atoms with van der Waals surface area (Å²) >= 11 is 3.43. The smallest absolute Gasteiger partial charge is 0.140 e. The molecule has 0 aliphatic rings. The van der Waals surface area contributed by atoms with Crippen molar-refractivity contribution in [3.8, 4) is 0 Å². The van der Waals surface area contributed by atoms with Crippen LogP contribution in [0.25, 0.3) is 0 Å². The van der Waals surface area contributed by atoms with Gasteiger partial charge in [-0.05, 0) is 47.8 Å². The third-order valence-corrected chi connectivity index (χ3v) is 2.44. The molecule has 1 aromatic heterocycles. The van der Waals surface area contributed by atoms with Crippen LogP contribution in [-0.2, 0) is 0 Å². The molecule has 0 saturated carbocycles. The summed E-state index contributed by atoms with van der Waals surface area (Å²) in [7, 11) is 0. The number of rotatable bonds is 4. The molecule has 3 nitrogen and oxygen atoms in total. The molecular formula is C10H15BrN2O. The summed E-state index contributed by atoms with van der Waals surface area (Å²) in [5.41, 5.74) is 1.12. The van der Waals surface area contributed by atoms with Crippen LogP contribution in [0, 0.1) is 6.92 Å². The highest BCUT2D eigenvalue weighted by Crippen LogP contribution is 2.20. The lowest BCUT2D eigenvalue weighted by atomic mass is 10.3. The standard InChI is InChI=1S/C10H15BrN2O/c1-7-5-9(11)10(13-6-7)12-4-3-8(2)14/h5-6,8,14H,3-4H2,1-2H3,(H,12,13). The van der Waals surface area contributed by atoms with Crippen LogP contribution < -0.4 is 5.32 Å². The van der Waals surface area contributed by atoms with Gasteiger partial charge in [-0.3, -0.25) is 0 Å². The number of pyridine rings is 1. The van der Waals surface area contributed by atoms with E-state index >= 15 is 0 Å². The first-order chi connectivity index (χ1) is 6.59. The predicted molar refractivity (Wildman–Crippen MR) is 61.5 cm³/mol. The van der Waals surface area contributed by atoms with Crippen LogP contribution in [0.4, 0.5) is 5.82 Å². The zero-order valence-corrected chi connectivity index (χ0v) is 10.0. The lowest BCUT2D eigenvalue weighted by Gasteiger charge is -2.08. The molecular weight excluding hydrogens is 244 g/mol. The van der Waals surface area contributed by atoms with Crippen molar-refractivity contribution in [2.24, 2.45) is 0 Å². The summed E-state index contributed by atoms with van der Waals surface area (Å²) in [6.45, 7) is 4.50. The molecule has 0 bridgehead atoms. The molecule has 2 N–H and O–H groups in total. The molecule has 0 aliphatic carbocycles. The van der Waals surface area contributed by atoms with Gasteiger partial charge in [-0.25, -0.2) is 4.98 Å². The second-order valence-electron chi connectivity index (χ2n) is 3.41. The van der Waals surface area contributed by atoms with Gasteiger partial charge < -0.3 is 10.4 Å². The van der Waals surface area contributed by atoms with E-state index < -0.39 is 0 Å². The van der Waals surface area contributed by atoms with Crippen molar-refractivity contribution < 1.29 is 5.11 Å². The highest BCUT2D eigenvalue weighted by molar-refractivity contribution is 9.10. The first-order valence-electron chi connectivity index (χ1n) is 4.63. The summed E-state index contributed by atoms with van der Waals surface area (Å²) < 4.78 is 0.961. The molecule has 1 unspecified atom stereocenters. The summed E-state index contributed by atoms with van der Waals surface area (Å²) in [5.74, 6) is 0.830. The summed E-state index contributed by atoms with van der Waals surface area (Å²) in [6, 6.07) is 2.01. The number of hydrogen-bond acceptors (Lipinski definition) is 3. The molecule has 1 rings (SSSR count). The van der Waals surface area contributed by atoms with Crippen LogP contribution in [0.1, 0.15) is 18.9 Å². The lowest BCUT2D eigenvalue weighted by Crippen LogP contribution is -2.10. The fourth-order valence-electron chi connectivity index (χ4n) is 1.06. The molecule has 14 heavy (non-hydrogen) atoms. The number of nitrogens with zero attached hydrogens (tertiary/aromatic N) is 1. The largest absolute Gasteiger partial charge is 0.393 e. The van der Waals surface area contributed by atoms with Gasteiger partial charge in [0.1, 0.15) is 5.82 Å². The first kappa shape index (κ1) is 11.5. The van der Waals surface area contributed by atoms with E-state index in [1.54, 1.807) is 6.92 Å².